The third-order valence-corrected chi connectivity index (χ3v) is 7.67. The maximum absolute atomic E-state index is 13.0. The number of piperazine rings is 1. The van der Waals surface area contributed by atoms with E-state index in [0.717, 1.165) is 24.8 Å². The van der Waals surface area contributed by atoms with Crippen LogP contribution < -0.4 is 10.6 Å². The largest absolute Gasteiger partial charge is 0.353 e. The summed E-state index contributed by atoms with van der Waals surface area (Å²) in [6, 6.07) is 4.51. The molecule has 2 aliphatic heterocycles. The van der Waals surface area contributed by atoms with Gasteiger partial charge in [-0.05, 0) is 43.4 Å². The van der Waals surface area contributed by atoms with Gasteiger partial charge in [0.1, 0.15) is 0 Å². The molecule has 2 saturated heterocycles. The molecular formula is C21H32N4O4S. The Kier molecular flexibility index (Phi) is 7.15. The summed E-state index contributed by atoms with van der Waals surface area (Å²) >= 11 is 0. The standard InChI is InChI=1S/C21H32N4O4S/c1-15(2)20-21(27)22-9-12-24(20)14-19(26)23-18-13-17(8-7-16(18)3)30(28,29)25-10-5-4-6-11-25/h7-8,13,15,20H,4-6,9-12,14H2,1-3H3,(H,22,27)(H,23,26). The zero-order valence-electron chi connectivity index (χ0n) is 18.0. The Bertz CT molecular complexity index is 894. The van der Waals surface area contributed by atoms with Crippen molar-refractivity contribution in [1.82, 2.24) is 14.5 Å². The predicted molar refractivity (Wildman–Crippen MR) is 116 cm³/mol. The molecule has 0 bridgehead atoms. The summed E-state index contributed by atoms with van der Waals surface area (Å²) in [5.41, 5.74) is 1.28. The Hall–Kier alpha value is -1.97. The van der Waals surface area contributed by atoms with Crippen molar-refractivity contribution in [1.29, 1.82) is 0 Å². The molecule has 30 heavy (non-hydrogen) atoms. The lowest BCUT2D eigenvalue weighted by Crippen LogP contribution is -2.58. The van der Waals surface area contributed by atoms with E-state index in [-0.39, 0.29) is 35.2 Å². The van der Waals surface area contributed by atoms with E-state index in [2.05, 4.69) is 10.6 Å². The first-order valence-corrected chi connectivity index (χ1v) is 12.1. The Morgan fingerprint density at radius 2 is 1.90 bits per heavy atom. The van der Waals surface area contributed by atoms with Crippen LogP contribution in [0.5, 0.6) is 0 Å². The first-order valence-electron chi connectivity index (χ1n) is 10.6. The number of hydrogen-bond acceptors (Lipinski definition) is 5. The van der Waals surface area contributed by atoms with E-state index in [1.165, 1.54) is 4.31 Å². The number of sulfonamides is 1. The van der Waals surface area contributed by atoms with Crippen LogP contribution in [0.2, 0.25) is 0 Å². The van der Waals surface area contributed by atoms with Crippen LogP contribution in [0.4, 0.5) is 5.69 Å². The highest BCUT2D eigenvalue weighted by atomic mass is 32.2. The van der Waals surface area contributed by atoms with Gasteiger partial charge in [-0.1, -0.05) is 26.3 Å². The summed E-state index contributed by atoms with van der Waals surface area (Å²) in [5.74, 6) is -0.237. The molecule has 2 amide bonds. The van der Waals surface area contributed by atoms with Crippen LogP contribution in [-0.2, 0) is 19.6 Å². The zero-order chi connectivity index (χ0) is 21.9. The van der Waals surface area contributed by atoms with Crippen LogP contribution in [0, 0.1) is 12.8 Å². The van der Waals surface area contributed by atoms with Crippen molar-refractivity contribution in [2.24, 2.45) is 5.92 Å². The van der Waals surface area contributed by atoms with Gasteiger partial charge in [0.25, 0.3) is 0 Å². The van der Waals surface area contributed by atoms with Gasteiger partial charge in [-0.3, -0.25) is 14.5 Å². The highest BCUT2D eigenvalue weighted by molar-refractivity contribution is 7.89. The average molecular weight is 437 g/mol. The van der Waals surface area contributed by atoms with Crippen molar-refractivity contribution >= 4 is 27.5 Å². The first-order chi connectivity index (χ1) is 14.2. The fraction of sp³-hybridized carbons (Fsp3) is 0.619. The quantitative estimate of drug-likeness (QED) is 0.705. The predicted octanol–water partition coefficient (Wildman–Crippen LogP) is 1.56. The minimum atomic E-state index is -3.57. The lowest BCUT2D eigenvalue weighted by molar-refractivity contribution is -0.132. The van der Waals surface area contributed by atoms with Gasteiger partial charge in [0.2, 0.25) is 21.8 Å². The molecule has 0 radical (unpaired) electrons. The van der Waals surface area contributed by atoms with Gasteiger partial charge in [0, 0.05) is 31.9 Å². The van der Waals surface area contributed by atoms with Crippen molar-refractivity contribution in [3.05, 3.63) is 23.8 Å². The molecule has 2 aliphatic rings. The van der Waals surface area contributed by atoms with Crippen LogP contribution in [0.1, 0.15) is 38.7 Å². The van der Waals surface area contributed by atoms with E-state index in [0.29, 0.717) is 31.9 Å². The van der Waals surface area contributed by atoms with E-state index < -0.39 is 10.0 Å². The Balaban J connectivity index is 1.74. The van der Waals surface area contributed by atoms with Gasteiger partial charge in [-0.15, -0.1) is 0 Å². The summed E-state index contributed by atoms with van der Waals surface area (Å²) in [5, 5.41) is 5.70. The van der Waals surface area contributed by atoms with Gasteiger partial charge in [0.15, 0.2) is 0 Å². The summed E-state index contributed by atoms with van der Waals surface area (Å²) in [7, 11) is -3.57. The monoisotopic (exact) mass is 436 g/mol. The van der Waals surface area contributed by atoms with Crippen molar-refractivity contribution in [3.63, 3.8) is 0 Å². The molecule has 1 aromatic rings. The Morgan fingerprint density at radius 1 is 1.20 bits per heavy atom. The van der Waals surface area contributed by atoms with Gasteiger partial charge in [-0.2, -0.15) is 4.31 Å². The van der Waals surface area contributed by atoms with Crippen LogP contribution in [-0.4, -0.2) is 68.2 Å². The normalized spacial score (nSPS) is 21.5. The minimum Gasteiger partial charge on any atom is -0.353 e. The maximum Gasteiger partial charge on any atom is 0.243 e. The van der Waals surface area contributed by atoms with E-state index >= 15 is 0 Å². The van der Waals surface area contributed by atoms with Crippen molar-refractivity contribution < 1.29 is 18.0 Å². The van der Waals surface area contributed by atoms with Crippen LogP contribution in [0.3, 0.4) is 0 Å². The third kappa shape index (κ3) is 5.01. The summed E-state index contributed by atoms with van der Waals surface area (Å²) in [4.78, 5) is 27.0. The number of amides is 2. The summed E-state index contributed by atoms with van der Waals surface area (Å²) in [6.07, 6.45) is 2.79. The number of nitrogens with zero attached hydrogens (tertiary/aromatic N) is 2. The molecule has 3 rings (SSSR count). The molecule has 1 unspecified atom stereocenters. The van der Waals surface area contributed by atoms with Crippen molar-refractivity contribution in [3.8, 4) is 0 Å². The first kappa shape index (κ1) is 22.7. The number of benzene rings is 1. The van der Waals surface area contributed by atoms with Gasteiger partial charge >= 0.3 is 0 Å². The van der Waals surface area contributed by atoms with Gasteiger partial charge in [-0.25, -0.2) is 8.42 Å². The number of piperidine rings is 1. The number of anilines is 1. The fourth-order valence-corrected chi connectivity index (χ4v) is 5.70. The van der Waals surface area contributed by atoms with Crippen molar-refractivity contribution in [2.75, 3.05) is 38.0 Å². The molecule has 0 saturated carbocycles. The number of hydrogen-bond donors (Lipinski definition) is 2. The second kappa shape index (κ2) is 9.45. The molecule has 166 valence electrons. The lowest BCUT2D eigenvalue weighted by Gasteiger charge is -2.36. The van der Waals surface area contributed by atoms with Crippen LogP contribution in [0.15, 0.2) is 23.1 Å². The smallest absolute Gasteiger partial charge is 0.243 e. The van der Waals surface area contributed by atoms with E-state index in [1.807, 2.05) is 25.7 Å². The topological polar surface area (TPSA) is 98.8 Å². The third-order valence-electron chi connectivity index (χ3n) is 5.77. The minimum absolute atomic E-state index is 0.0603. The average Bonchev–Trinajstić information content (AvgIpc) is 2.70. The molecular weight excluding hydrogens is 404 g/mol. The van der Waals surface area contributed by atoms with E-state index in [9.17, 15) is 18.0 Å². The number of rotatable bonds is 6. The molecule has 2 fully saturated rings. The van der Waals surface area contributed by atoms with Crippen LogP contribution in [0.25, 0.3) is 0 Å². The molecule has 0 aromatic heterocycles. The number of nitrogens with one attached hydrogen (secondary N) is 2. The van der Waals surface area contributed by atoms with Crippen LogP contribution >= 0.6 is 0 Å². The second-order valence-corrected chi connectivity index (χ2v) is 10.4. The fourth-order valence-electron chi connectivity index (χ4n) is 4.16. The molecule has 0 aliphatic carbocycles. The summed E-state index contributed by atoms with van der Waals surface area (Å²) < 4.78 is 27.5. The maximum atomic E-state index is 13.0. The molecule has 0 spiro atoms. The molecule has 8 nitrogen and oxygen atoms in total. The highest BCUT2D eigenvalue weighted by Crippen LogP contribution is 2.25. The number of carbonyl (C=O) groups excluding carboxylic acids is 2. The van der Waals surface area contributed by atoms with E-state index in [1.54, 1.807) is 18.2 Å². The van der Waals surface area contributed by atoms with Gasteiger partial charge in [0.05, 0.1) is 17.5 Å². The number of aryl methyl sites for hydroxylation is 1. The molecule has 1 atom stereocenters. The summed E-state index contributed by atoms with van der Waals surface area (Å²) in [6.45, 7) is 8.01. The number of carbonyl (C=O) groups is 2. The molecule has 2 heterocycles. The SMILES string of the molecule is Cc1ccc(S(=O)(=O)N2CCCCC2)cc1NC(=O)CN1CCNC(=O)C1C(C)C. The zero-order valence-corrected chi connectivity index (χ0v) is 18.8. The molecule has 9 heteroatoms. The second-order valence-electron chi connectivity index (χ2n) is 8.44. The molecule has 1 aromatic carbocycles. The Morgan fingerprint density at radius 3 is 2.57 bits per heavy atom. The highest BCUT2D eigenvalue weighted by Gasteiger charge is 2.33. The molecule has 2 N–H and O–H groups in total. The van der Waals surface area contributed by atoms with Gasteiger partial charge < -0.3 is 10.6 Å². The Labute approximate surface area is 179 Å². The van der Waals surface area contributed by atoms with E-state index in [4.69, 9.17) is 0 Å². The van der Waals surface area contributed by atoms with Crippen molar-refractivity contribution in [2.45, 2.75) is 51.0 Å². The lowest BCUT2D eigenvalue weighted by atomic mass is 9.99.